The summed E-state index contributed by atoms with van der Waals surface area (Å²) in [5.41, 5.74) is 0.910. The number of rotatable bonds is 5. The Morgan fingerprint density at radius 1 is 1.19 bits per heavy atom. The first-order valence-corrected chi connectivity index (χ1v) is 11.2. The Morgan fingerprint density at radius 3 is 2.44 bits per heavy atom. The zero-order valence-corrected chi connectivity index (χ0v) is 17.9. The zero-order chi connectivity index (χ0) is 19.6. The number of nitrogens with zero attached hydrogens (tertiary/aromatic N) is 1. The molecule has 0 radical (unpaired) electrons. The molecule has 0 bridgehead atoms. The largest absolute Gasteiger partial charge is 0.348 e. The number of halogens is 2. The average Bonchev–Trinajstić information content (AvgIpc) is 3.13. The lowest BCUT2D eigenvalue weighted by atomic mass is 10.1. The highest BCUT2D eigenvalue weighted by Crippen LogP contribution is 2.27. The first-order chi connectivity index (χ1) is 12.8. The van der Waals surface area contributed by atoms with Crippen LogP contribution in [0.1, 0.15) is 31.4 Å². The van der Waals surface area contributed by atoms with Crippen LogP contribution in [0.4, 0.5) is 0 Å². The van der Waals surface area contributed by atoms with Crippen LogP contribution in [0.15, 0.2) is 57.9 Å². The highest BCUT2D eigenvalue weighted by Gasteiger charge is 2.39. The van der Waals surface area contributed by atoms with Crippen molar-refractivity contribution in [2.24, 2.45) is 0 Å². The van der Waals surface area contributed by atoms with Crippen molar-refractivity contribution in [3.05, 3.63) is 63.6 Å². The molecule has 8 heteroatoms. The molecule has 144 valence electrons. The van der Waals surface area contributed by atoms with Gasteiger partial charge in [-0.05, 0) is 61.7 Å². The number of amides is 1. The number of benzene rings is 2. The molecule has 0 spiro atoms. The summed E-state index contributed by atoms with van der Waals surface area (Å²) in [6, 6.07) is 12.7. The molecule has 2 aromatic carbocycles. The molecule has 2 unspecified atom stereocenters. The van der Waals surface area contributed by atoms with Crippen molar-refractivity contribution in [2.75, 3.05) is 6.54 Å². The second kappa shape index (κ2) is 8.31. The van der Waals surface area contributed by atoms with Crippen LogP contribution in [0.2, 0.25) is 5.02 Å². The van der Waals surface area contributed by atoms with E-state index in [4.69, 9.17) is 11.6 Å². The van der Waals surface area contributed by atoms with Crippen molar-refractivity contribution >= 4 is 43.5 Å². The fourth-order valence-corrected chi connectivity index (χ4v) is 5.22. The summed E-state index contributed by atoms with van der Waals surface area (Å²) in [5, 5.41) is 3.55. The van der Waals surface area contributed by atoms with E-state index in [0.717, 1.165) is 10.0 Å². The SMILES string of the molecule is CC(NC(=O)C1CCCN1S(=O)(=O)c1ccc(Br)cc1)c1ccc(Cl)cc1. The maximum Gasteiger partial charge on any atom is 0.243 e. The Kier molecular flexibility index (Phi) is 6.25. The number of hydrogen-bond donors (Lipinski definition) is 1. The van der Waals surface area contributed by atoms with Crippen molar-refractivity contribution in [1.29, 1.82) is 0 Å². The van der Waals surface area contributed by atoms with Crippen LogP contribution >= 0.6 is 27.5 Å². The Morgan fingerprint density at radius 2 is 1.81 bits per heavy atom. The molecule has 1 aliphatic heterocycles. The van der Waals surface area contributed by atoms with Crippen LogP contribution in [-0.4, -0.2) is 31.2 Å². The second-order valence-electron chi connectivity index (χ2n) is 6.51. The second-order valence-corrected chi connectivity index (χ2v) is 9.75. The highest BCUT2D eigenvalue weighted by molar-refractivity contribution is 9.10. The van der Waals surface area contributed by atoms with E-state index in [1.165, 1.54) is 4.31 Å². The van der Waals surface area contributed by atoms with E-state index < -0.39 is 16.1 Å². The van der Waals surface area contributed by atoms with Crippen molar-refractivity contribution in [3.63, 3.8) is 0 Å². The number of carbonyl (C=O) groups is 1. The number of hydrogen-bond acceptors (Lipinski definition) is 3. The van der Waals surface area contributed by atoms with Gasteiger partial charge in [0.15, 0.2) is 0 Å². The van der Waals surface area contributed by atoms with Crippen molar-refractivity contribution < 1.29 is 13.2 Å². The van der Waals surface area contributed by atoms with Crippen molar-refractivity contribution in [3.8, 4) is 0 Å². The summed E-state index contributed by atoms with van der Waals surface area (Å²) in [7, 11) is -3.72. The lowest BCUT2D eigenvalue weighted by Gasteiger charge is -2.25. The van der Waals surface area contributed by atoms with Crippen molar-refractivity contribution in [1.82, 2.24) is 9.62 Å². The van der Waals surface area contributed by atoms with Gasteiger partial charge >= 0.3 is 0 Å². The molecular weight excluding hydrogens is 452 g/mol. The molecule has 5 nitrogen and oxygen atoms in total. The van der Waals surface area contributed by atoms with Crippen LogP contribution in [-0.2, 0) is 14.8 Å². The van der Waals surface area contributed by atoms with Gasteiger partial charge in [0.1, 0.15) is 6.04 Å². The van der Waals surface area contributed by atoms with E-state index in [2.05, 4.69) is 21.2 Å². The normalized spacial score (nSPS) is 19.0. The fraction of sp³-hybridized carbons (Fsp3) is 0.316. The van der Waals surface area contributed by atoms with Crippen molar-refractivity contribution in [2.45, 2.75) is 36.7 Å². The topological polar surface area (TPSA) is 66.5 Å². The monoisotopic (exact) mass is 470 g/mol. The molecule has 0 aliphatic carbocycles. The molecule has 0 aromatic heterocycles. The van der Waals surface area contributed by atoms with Crippen LogP contribution in [0, 0.1) is 0 Å². The molecule has 1 N–H and O–H groups in total. The molecule has 1 heterocycles. The minimum Gasteiger partial charge on any atom is -0.348 e. The standard InChI is InChI=1S/C19H20BrClN2O3S/c1-13(14-4-8-16(21)9-5-14)22-19(24)18-3-2-12-23(18)27(25,26)17-10-6-15(20)7-11-17/h4-11,13,18H,2-3,12H2,1H3,(H,22,24). The molecule has 1 aliphatic rings. The Labute approximate surface area is 172 Å². The van der Waals surface area contributed by atoms with Gasteiger partial charge < -0.3 is 5.32 Å². The van der Waals surface area contributed by atoms with E-state index in [0.29, 0.717) is 24.4 Å². The Bertz CT molecular complexity index is 917. The summed E-state index contributed by atoms with van der Waals surface area (Å²) >= 11 is 9.20. The summed E-state index contributed by atoms with van der Waals surface area (Å²) in [5.74, 6) is -0.282. The fourth-order valence-electron chi connectivity index (χ4n) is 3.18. The minimum absolute atomic E-state index is 0.191. The molecule has 3 rings (SSSR count). The van der Waals surface area contributed by atoms with E-state index in [1.54, 1.807) is 36.4 Å². The maximum absolute atomic E-state index is 13.0. The quantitative estimate of drug-likeness (QED) is 0.713. The van der Waals surface area contributed by atoms with Crippen LogP contribution in [0.5, 0.6) is 0 Å². The number of sulfonamides is 1. The molecule has 1 saturated heterocycles. The van der Waals surface area contributed by atoms with E-state index in [1.807, 2.05) is 19.1 Å². The van der Waals surface area contributed by atoms with Gasteiger partial charge in [0.05, 0.1) is 10.9 Å². The third-order valence-corrected chi connectivity index (χ3v) is 7.36. The van der Waals surface area contributed by atoms with Gasteiger partial charge in [-0.1, -0.05) is 39.7 Å². The van der Waals surface area contributed by atoms with Gasteiger partial charge in [-0.15, -0.1) is 0 Å². The van der Waals surface area contributed by atoms with Gasteiger partial charge in [0.2, 0.25) is 15.9 Å². The lowest BCUT2D eigenvalue weighted by Crippen LogP contribution is -2.46. The first-order valence-electron chi connectivity index (χ1n) is 8.62. The van der Waals surface area contributed by atoms with Gasteiger partial charge in [-0.3, -0.25) is 4.79 Å². The molecule has 1 fully saturated rings. The molecule has 1 amide bonds. The Balaban J connectivity index is 1.76. The summed E-state index contributed by atoms with van der Waals surface area (Å²) < 4.78 is 28.0. The number of nitrogens with one attached hydrogen (secondary N) is 1. The van der Waals surface area contributed by atoms with E-state index >= 15 is 0 Å². The molecule has 0 saturated carbocycles. The van der Waals surface area contributed by atoms with Gasteiger partial charge in [-0.2, -0.15) is 4.31 Å². The van der Waals surface area contributed by atoms with Crippen LogP contribution < -0.4 is 5.32 Å². The molecule has 27 heavy (non-hydrogen) atoms. The molecular formula is C19H20BrClN2O3S. The predicted octanol–water partition coefficient (Wildman–Crippen LogP) is 4.13. The zero-order valence-electron chi connectivity index (χ0n) is 14.7. The number of carbonyl (C=O) groups excluding carboxylic acids is 1. The maximum atomic E-state index is 13.0. The third kappa shape index (κ3) is 4.54. The molecule has 2 atom stereocenters. The predicted molar refractivity (Wildman–Crippen MR) is 109 cm³/mol. The summed E-state index contributed by atoms with van der Waals surface area (Å²) in [6.07, 6.45) is 1.16. The third-order valence-electron chi connectivity index (χ3n) is 4.66. The van der Waals surface area contributed by atoms with Gasteiger partial charge in [0, 0.05) is 16.0 Å². The summed E-state index contributed by atoms with van der Waals surface area (Å²) in [4.78, 5) is 13.0. The van der Waals surface area contributed by atoms with Crippen LogP contribution in [0.25, 0.3) is 0 Å². The van der Waals surface area contributed by atoms with Gasteiger partial charge in [0.25, 0.3) is 0 Å². The van der Waals surface area contributed by atoms with Crippen LogP contribution in [0.3, 0.4) is 0 Å². The highest BCUT2D eigenvalue weighted by atomic mass is 79.9. The van der Waals surface area contributed by atoms with Gasteiger partial charge in [-0.25, -0.2) is 8.42 Å². The minimum atomic E-state index is -3.72. The first kappa shape index (κ1) is 20.3. The van der Waals surface area contributed by atoms with E-state index in [9.17, 15) is 13.2 Å². The lowest BCUT2D eigenvalue weighted by molar-refractivity contribution is -0.124. The average molecular weight is 472 g/mol. The smallest absolute Gasteiger partial charge is 0.243 e. The van der Waals surface area contributed by atoms with E-state index in [-0.39, 0.29) is 16.8 Å². The molecule has 2 aromatic rings. The Hall–Kier alpha value is -1.41. The summed E-state index contributed by atoms with van der Waals surface area (Å²) in [6.45, 7) is 2.20.